The maximum Gasteiger partial charge on any atom is 0.244 e. The Hall–Kier alpha value is -2.32. The molecule has 1 aromatic heterocycles. The molecule has 0 saturated carbocycles. The first-order valence-electron chi connectivity index (χ1n) is 8.17. The lowest BCUT2D eigenvalue weighted by atomic mass is 10.1. The van der Waals surface area contributed by atoms with E-state index in [1.807, 2.05) is 13.8 Å². The minimum Gasteiger partial charge on any atom is -0.495 e. The van der Waals surface area contributed by atoms with Gasteiger partial charge >= 0.3 is 0 Å². The van der Waals surface area contributed by atoms with Crippen LogP contribution in [-0.2, 0) is 21.4 Å². The number of sulfonamides is 1. The summed E-state index contributed by atoms with van der Waals surface area (Å²) in [6.07, 6.45) is 1.53. The van der Waals surface area contributed by atoms with Crippen molar-refractivity contribution in [3.05, 3.63) is 47.4 Å². The smallest absolute Gasteiger partial charge is 0.244 e. The first-order valence-corrected chi connectivity index (χ1v) is 9.65. The van der Waals surface area contributed by atoms with Gasteiger partial charge in [-0.25, -0.2) is 13.1 Å². The van der Waals surface area contributed by atoms with Crippen molar-refractivity contribution >= 4 is 15.9 Å². The van der Waals surface area contributed by atoms with Gasteiger partial charge in [-0.1, -0.05) is 0 Å². The first kappa shape index (κ1) is 20.0. The Kier molecular flexibility index (Phi) is 6.44. The third kappa shape index (κ3) is 4.86. The lowest BCUT2D eigenvalue weighted by Gasteiger charge is -2.20. The summed E-state index contributed by atoms with van der Waals surface area (Å²) in [5, 5.41) is 0. The third-order valence-corrected chi connectivity index (χ3v) is 5.60. The fourth-order valence-corrected chi connectivity index (χ4v) is 3.72. The molecule has 0 spiro atoms. The van der Waals surface area contributed by atoms with Crippen LogP contribution in [0.2, 0.25) is 0 Å². The highest BCUT2D eigenvalue weighted by Crippen LogP contribution is 2.27. The molecule has 0 saturated heterocycles. The van der Waals surface area contributed by atoms with Crippen LogP contribution in [0, 0.1) is 13.8 Å². The maximum absolute atomic E-state index is 12.6. The van der Waals surface area contributed by atoms with Gasteiger partial charge in [0.2, 0.25) is 15.9 Å². The highest BCUT2D eigenvalue weighted by molar-refractivity contribution is 7.89. The number of methoxy groups -OCH3 is 1. The Labute approximate surface area is 154 Å². The summed E-state index contributed by atoms with van der Waals surface area (Å²) in [7, 11) is -2.33. The summed E-state index contributed by atoms with van der Waals surface area (Å²) in [6, 6.07) is 6.78. The van der Waals surface area contributed by atoms with E-state index in [9.17, 15) is 13.2 Å². The predicted molar refractivity (Wildman–Crippen MR) is 97.5 cm³/mol. The number of ether oxygens (including phenoxy) is 1. The van der Waals surface area contributed by atoms with Gasteiger partial charge in [0.1, 0.15) is 16.4 Å². The summed E-state index contributed by atoms with van der Waals surface area (Å²) >= 11 is 0. The zero-order valence-electron chi connectivity index (χ0n) is 15.4. The SMILES string of the molecule is COc1cc(C)c(C)cc1S(=O)(=O)NCCN(Cc1ccco1)C(C)=O. The van der Waals surface area contributed by atoms with Crippen LogP contribution in [0.5, 0.6) is 5.75 Å². The lowest BCUT2D eigenvalue weighted by Crippen LogP contribution is -2.37. The van der Waals surface area contributed by atoms with E-state index in [0.29, 0.717) is 11.5 Å². The number of amides is 1. The van der Waals surface area contributed by atoms with E-state index < -0.39 is 10.0 Å². The molecule has 0 fully saturated rings. The zero-order valence-corrected chi connectivity index (χ0v) is 16.2. The summed E-state index contributed by atoms with van der Waals surface area (Å²) in [5.41, 5.74) is 1.80. The largest absolute Gasteiger partial charge is 0.495 e. The van der Waals surface area contributed by atoms with Gasteiger partial charge in [0, 0.05) is 20.0 Å². The second kappa shape index (κ2) is 8.37. The van der Waals surface area contributed by atoms with Crippen molar-refractivity contribution in [2.24, 2.45) is 0 Å². The van der Waals surface area contributed by atoms with Gasteiger partial charge in [-0.15, -0.1) is 0 Å². The van der Waals surface area contributed by atoms with Crippen molar-refractivity contribution in [3.63, 3.8) is 0 Å². The van der Waals surface area contributed by atoms with Gasteiger partial charge in [-0.3, -0.25) is 4.79 Å². The van der Waals surface area contributed by atoms with Crippen molar-refractivity contribution in [1.82, 2.24) is 9.62 Å². The third-order valence-electron chi connectivity index (χ3n) is 4.12. The van der Waals surface area contributed by atoms with E-state index in [2.05, 4.69) is 4.72 Å². The van der Waals surface area contributed by atoms with Crippen LogP contribution in [0.4, 0.5) is 0 Å². The number of aryl methyl sites for hydroxylation is 2. The predicted octanol–water partition coefficient (Wildman–Crippen LogP) is 2.23. The molecular formula is C18H24N2O5S. The fraction of sp³-hybridized carbons (Fsp3) is 0.389. The quantitative estimate of drug-likeness (QED) is 0.759. The second-order valence-corrected chi connectivity index (χ2v) is 7.74. The van der Waals surface area contributed by atoms with Crippen molar-refractivity contribution < 1.29 is 22.4 Å². The zero-order chi connectivity index (χ0) is 19.3. The summed E-state index contributed by atoms with van der Waals surface area (Å²) in [4.78, 5) is 13.4. The summed E-state index contributed by atoms with van der Waals surface area (Å²) in [6.45, 7) is 5.76. The lowest BCUT2D eigenvalue weighted by molar-refractivity contribution is -0.129. The number of hydrogen-bond donors (Lipinski definition) is 1. The fourth-order valence-electron chi connectivity index (χ4n) is 2.46. The molecule has 0 aliphatic rings. The summed E-state index contributed by atoms with van der Waals surface area (Å²) < 4.78 is 38.2. The number of benzene rings is 1. The molecule has 26 heavy (non-hydrogen) atoms. The molecule has 1 heterocycles. The van der Waals surface area contributed by atoms with Crippen LogP contribution in [0.15, 0.2) is 39.8 Å². The summed E-state index contributed by atoms with van der Waals surface area (Å²) in [5.74, 6) is 0.767. The van der Waals surface area contributed by atoms with Crippen molar-refractivity contribution in [1.29, 1.82) is 0 Å². The molecule has 0 unspecified atom stereocenters. The van der Waals surface area contributed by atoms with Gasteiger partial charge in [-0.2, -0.15) is 0 Å². The highest BCUT2D eigenvalue weighted by atomic mass is 32.2. The number of nitrogens with zero attached hydrogens (tertiary/aromatic N) is 1. The van der Waals surface area contributed by atoms with Crippen LogP contribution in [-0.4, -0.2) is 39.4 Å². The van der Waals surface area contributed by atoms with E-state index in [-0.39, 0.29) is 30.4 Å². The molecular weight excluding hydrogens is 356 g/mol. The molecule has 0 bridgehead atoms. The molecule has 8 heteroatoms. The Morgan fingerprint density at radius 3 is 2.54 bits per heavy atom. The molecule has 7 nitrogen and oxygen atoms in total. The average molecular weight is 380 g/mol. The number of rotatable bonds is 8. The van der Waals surface area contributed by atoms with Crippen molar-refractivity contribution in [2.45, 2.75) is 32.2 Å². The van der Waals surface area contributed by atoms with Gasteiger partial charge in [0.05, 0.1) is 19.9 Å². The average Bonchev–Trinajstić information content (AvgIpc) is 3.08. The van der Waals surface area contributed by atoms with E-state index in [0.717, 1.165) is 11.1 Å². The molecule has 142 valence electrons. The number of carbonyl (C=O) groups excluding carboxylic acids is 1. The molecule has 1 amide bonds. The van der Waals surface area contributed by atoms with Crippen LogP contribution >= 0.6 is 0 Å². The molecule has 1 aromatic carbocycles. The van der Waals surface area contributed by atoms with Gasteiger partial charge in [0.25, 0.3) is 0 Å². The minimum atomic E-state index is -3.76. The van der Waals surface area contributed by atoms with Crippen LogP contribution in [0.1, 0.15) is 23.8 Å². The van der Waals surface area contributed by atoms with Crippen LogP contribution < -0.4 is 9.46 Å². The molecule has 1 N–H and O–H groups in total. The minimum absolute atomic E-state index is 0.0820. The number of carbonyl (C=O) groups is 1. The standard InChI is InChI=1S/C18H24N2O5S/c1-13-10-17(24-4)18(11-14(13)2)26(22,23)19-7-8-20(15(3)21)12-16-6-5-9-25-16/h5-6,9-11,19H,7-8,12H2,1-4H3. The highest BCUT2D eigenvalue weighted by Gasteiger charge is 2.21. The Morgan fingerprint density at radius 1 is 1.27 bits per heavy atom. The van der Waals surface area contributed by atoms with E-state index >= 15 is 0 Å². The van der Waals surface area contributed by atoms with Crippen LogP contribution in [0.25, 0.3) is 0 Å². The Bertz CT molecular complexity index is 860. The van der Waals surface area contributed by atoms with Crippen molar-refractivity contribution in [2.75, 3.05) is 20.2 Å². The van der Waals surface area contributed by atoms with Gasteiger partial charge in [0.15, 0.2) is 0 Å². The normalized spacial score (nSPS) is 11.4. The Morgan fingerprint density at radius 2 is 1.96 bits per heavy atom. The molecule has 0 aliphatic carbocycles. The number of furan rings is 1. The van der Waals surface area contributed by atoms with E-state index in [4.69, 9.17) is 9.15 Å². The van der Waals surface area contributed by atoms with Crippen molar-refractivity contribution in [3.8, 4) is 5.75 Å². The van der Waals surface area contributed by atoms with Gasteiger partial charge in [-0.05, 0) is 49.2 Å². The van der Waals surface area contributed by atoms with E-state index in [1.54, 1.807) is 24.3 Å². The topological polar surface area (TPSA) is 88.8 Å². The molecule has 0 atom stereocenters. The second-order valence-electron chi connectivity index (χ2n) is 6.01. The molecule has 2 aromatic rings. The first-order chi connectivity index (χ1) is 12.2. The molecule has 0 radical (unpaired) electrons. The molecule has 0 aliphatic heterocycles. The van der Waals surface area contributed by atoms with E-state index in [1.165, 1.54) is 25.2 Å². The maximum atomic E-state index is 12.6. The van der Waals surface area contributed by atoms with Crippen LogP contribution in [0.3, 0.4) is 0 Å². The number of nitrogens with one attached hydrogen (secondary N) is 1. The Balaban J connectivity index is 2.07. The van der Waals surface area contributed by atoms with Gasteiger partial charge < -0.3 is 14.1 Å². The monoisotopic (exact) mass is 380 g/mol. The molecule has 2 rings (SSSR count). The number of hydrogen-bond acceptors (Lipinski definition) is 5.